The number of fused-ring (bicyclic) bond motifs is 1. The molecule has 162 valence electrons. The minimum atomic E-state index is -4.51. The number of hydrogen-bond acceptors (Lipinski definition) is 5. The fourth-order valence-corrected chi connectivity index (χ4v) is 4.04. The van der Waals surface area contributed by atoms with E-state index in [0.29, 0.717) is 37.7 Å². The maximum Gasteiger partial charge on any atom is 0.408 e. The predicted octanol–water partition coefficient (Wildman–Crippen LogP) is 3.12. The van der Waals surface area contributed by atoms with E-state index in [1.54, 1.807) is 6.92 Å². The molecule has 30 heavy (non-hydrogen) atoms. The molecule has 0 bridgehead atoms. The second-order valence-corrected chi connectivity index (χ2v) is 7.48. The molecule has 1 aromatic heterocycles. The quantitative estimate of drug-likeness (QED) is 0.706. The van der Waals surface area contributed by atoms with E-state index >= 15 is 0 Å². The number of halogens is 4. The number of rotatable bonds is 3. The van der Waals surface area contributed by atoms with Crippen molar-refractivity contribution in [2.24, 2.45) is 0 Å². The number of hydrogen-bond donors (Lipinski definition) is 0. The van der Waals surface area contributed by atoms with E-state index in [1.165, 1.54) is 34.9 Å². The molecule has 2 aliphatic heterocycles. The molecular weight excluding hydrogens is 404 g/mol. The van der Waals surface area contributed by atoms with Crippen molar-refractivity contribution in [2.45, 2.75) is 38.1 Å². The maximum atomic E-state index is 13.9. The molecular formula is C20H22F4N4O2. The average Bonchev–Trinajstić information content (AvgIpc) is 2.73. The summed E-state index contributed by atoms with van der Waals surface area (Å²) in [5, 5.41) is 0. The van der Waals surface area contributed by atoms with Crippen LogP contribution in [0, 0.1) is 5.82 Å². The van der Waals surface area contributed by atoms with Crippen LogP contribution in [0.5, 0.6) is 0 Å². The zero-order valence-corrected chi connectivity index (χ0v) is 16.4. The smallest absolute Gasteiger partial charge is 0.378 e. The summed E-state index contributed by atoms with van der Waals surface area (Å²) >= 11 is 0. The Labute approximate surface area is 170 Å². The molecule has 0 radical (unpaired) electrons. The summed E-state index contributed by atoms with van der Waals surface area (Å²) in [5.74, 6) is -0.149. The van der Waals surface area contributed by atoms with E-state index in [1.807, 2.05) is 4.90 Å². The SMILES string of the molecule is C[C@H](c1ccc(F)cc1)N1c2nc(N3CCOCC3)cc(=O)n2CC[C@H]1C(F)(F)F. The summed E-state index contributed by atoms with van der Waals surface area (Å²) in [6.07, 6.45) is -4.77. The van der Waals surface area contributed by atoms with Gasteiger partial charge in [0.05, 0.1) is 19.3 Å². The Morgan fingerprint density at radius 2 is 1.80 bits per heavy atom. The zero-order chi connectivity index (χ0) is 21.5. The van der Waals surface area contributed by atoms with E-state index in [-0.39, 0.29) is 18.9 Å². The Morgan fingerprint density at radius 1 is 1.13 bits per heavy atom. The summed E-state index contributed by atoms with van der Waals surface area (Å²) < 4.78 is 61.7. The van der Waals surface area contributed by atoms with Gasteiger partial charge in [0, 0.05) is 25.7 Å². The molecule has 2 atom stereocenters. The minimum absolute atomic E-state index is 0.0191. The van der Waals surface area contributed by atoms with Gasteiger partial charge in [-0.2, -0.15) is 18.2 Å². The van der Waals surface area contributed by atoms with Crippen LogP contribution < -0.4 is 15.4 Å². The van der Waals surface area contributed by atoms with Crippen molar-refractivity contribution in [1.82, 2.24) is 9.55 Å². The lowest BCUT2D eigenvalue weighted by Crippen LogP contribution is -2.53. The minimum Gasteiger partial charge on any atom is -0.378 e. The largest absolute Gasteiger partial charge is 0.408 e. The van der Waals surface area contributed by atoms with Gasteiger partial charge in [0.25, 0.3) is 5.56 Å². The number of alkyl halides is 3. The summed E-state index contributed by atoms with van der Waals surface area (Å²) in [7, 11) is 0. The highest BCUT2D eigenvalue weighted by Gasteiger charge is 2.48. The summed E-state index contributed by atoms with van der Waals surface area (Å²) in [6.45, 7) is 3.47. The van der Waals surface area contributed by atoms with Gasteiger partial charge in [-0.15, -0.1) is 0 Å². The lowest BCUT2D eigenvalue weighted by atomic mass is 10.0. The molecule has 1 fully saturated rings. The Hall–Kier alpha value is -2.62. The molecule has 6 nitrogen and oxygen atoms in total. The molecule has 3 heterocycles. The maximum absolute atomic E-state index is 13.9. The van der Waals surface area contributed by atoms with Crippen LogP contribution in [-0.2, 0) is 11.3 Å². The third-order valence-corrected chi connectivity index (χ3v) is 5.65. The van der Waals surface area contributed by atoms with Gasteiger partial charge in [-0.3, -0.25) is 9.36 Å². The highest BCUT2D eigenvalue weighted by atomic mass is 19.4. The number of morpholine rings is 1. The molecule has 2 aromatic rings. The van der Waals surface area contributed by atoms with E-state index < -0.39 is 29.6 Å². The third kappa shape index (κ3) is 3.88. The van der Waals surface area contributed by atoms with Crippen LogP contribution in [0.1, 0.15) is 24.9 Å². The second-order valence-electron chi connectivity index (χ2n) is 7.48. The van der Waals surface area contributed by atoms with Gasteiger partial charge in [-0.05, 0) is 31.0 Å². The fraction of sp³-hybridized carbons (Fsp3) is 0.500. The highest BCUT2D eigenvalue weighted by molar-refractivity contribution is 5.48. The molecule has 1 aromatic carbocycles. The van der Waals surface area contributed by atoms with Gasteiger partial charge in [-0.1, -0.05) is 12.1 Å². The number of aromatic nitrogens is 2. The van der Waals surface area contributed by atoms with Gasteiger partial charge >= 0.3 is 6.18 Å². The Morgan fingerprint density at radius 3 is 2.43 bits per heavy atom. The van der Waals surface area contributed by atoms with Crippen molar-refractivity contribution in [3.05, 3.63) is 52.1 Å². The standard InChI is InChI=1S/C20H22F4N4O2/c1-13(14-2-4-15(21)5-3-14)28-16(20(22,23)24)6-7-27-18(29)12-17(25-19(27)28)26-8-10-30-11-9-26/h2-5,12-13,16H,6-11H2,1H3/t13-,16+/m1/s1. The van der Waals surface area contributed by atoms with Crippen molar-refractivity contribution in [2.75, 3.05) is 36.1 Å². The lowest BCUT2D eigenvalue weighted by molar-refractivity contribution is -0.154. The number of anilines is 2. The molecule has 0 aliphatic carbocycles. The molecule has 4 rings (SSSR count). The van der Waals surface area contributed by atoms with Crippen LogP contribution >= 0.6 is 0 Å². The summed E-state index contributed by atoms with van der Waals surface area (Å²) in [6, 6.07) is 4.13. The van der Waals surface area contributed by atoms with Crippen LogP contribution in [0.3, 0.4) is 0 Å². The van der Waals surface area contributed by atoms with E-state index in [9.17, 15) is 22.4 Å². The van der Waals surface area contributed by atoms with Crippen molar-refractivity contribution in [3.8, 4) is 0 Å². The van der Waals surface area contributed by atoms with Gasteiger partial charge in [0.1, 0.15) is 17.7 Å². The Balaban J connectivity index is 1.81. The van der Waals surface area contributed by atoms with Crippen LogP contribution in [-0.4, -0.2) is 48.1 Å². The van der Waals surface area contributed by atoms with Crippen LogP contribution in [0.4, 0.5) is 29.3 Å². The van der Waals surface area contributed by atoms with E-state index in [4.69, 9.17) is 4.74 Å². The molecule has 10 heteroatoms. The predicted molar refractivity (Wildman–Crippen MR) is 103 cm³/mol. The fourth-order valence-electron chi connectivity index (χ4n) is 4.04. The Kier molecular flexibility index (Phi) is 5.44. The number of ether oxygens (including phenoxy) is 1. The van der Waals surface area contributed by atoms with Crippen molar-refractivity contribution in [1.29, 1.82) is 0 Å². The first-order valence-corrected chi connectivity index (χ1v) is 9.81. The van der Waals surface area contributed by atoms with Crippen molar-refractivity contribution >= 4 is 11.8 Å². The number of nitrogens with zero attached hydrogens (tertiary/aromatic N) is 4. The van der Waals surface area contributed by atoms with Crippen LogP contribution in [0.2, 0.25) is 0 Å². The molecule has 0 amide bonds. The zero-order valence-electron chi connectivity index (χ0n) is 16.4. The van der Waals surface area contributed by atoms with E-state index in [2.05, 4.69) is 4.98 Å². The van der Waals surface area contributed by atoms with Crippen LogP contribution in [0.15, 0.2) is 35.1 Å². The lowest BCUT2D eigenvalue weighted by Gasteiger charge is -2.43. The van der Waals surface area contributed by atoms with Gasteiger partial charge in [0.2, 0.25) is 5.95 Å². The summed E-state index contributed by atoms with van der Waals surface area (Å²) in [5.41, 5.74) is 0.114. The van der Waals surface area contributed by atoms with Crippen LogP contribution in [0.25, 0.3) is 0 Å². The molecule has 1 saturated heterocycles. The molecule has 0 saturated carbocycles. The second kappa shape index (κ2) is 7.90. The van der Waals surface area contributed by atoms with Crippen molar-refractivity contribution < 1.29 is 22.3 Å². The van der Waals surface area contributed by atoms with Gasteiger partial charge in [-0.25, -0.2) is 4.39 Å². The monoisotopic (exact) mass is 426 g/mol. The van der Waals surface area contributed by atoms with Crippen molar-refractivity contribution in [3.63, 3.8) is 0 Å². The van der Waals surface area contributed by atoms with E-state index in [0.717, 1.165) is 4.90 Å². The first kappa shape index (κ1) is 20.6. The van der Waals surface area contributed by atoms with Gasteiger partial charge in [0.15, 0.2) is 0 Å². The molecule has 2 aliphatic rings. The average molecular weight is 426 g/mol. The Bertz CT molecular complexity index is 955. The molecule has 0 spiro atoms. The third-order valence-electron chi connectivity index (χ3n) is 5.65. The molecule has 0 N–H and O–H groups in total. The van der Waals surface area contributed by atoms with Gasteiger partial charge < -0.3 is 14.5 Å². The first-order valence-electron chi connectivity index (χ1n) is 9.81. The first-order chi connectivity index (χ1) is 14.3. The summed E-state index contributed by atoms with van der Waals surface area (Å²) in [4.78, 5) is 20.2. The molecule has 0 unspecified atom stereocenters. The topological polar surface area (TPSA) is 50.6 Å². The highest BCUT2D eigenvalue weighted by Crippen LogP contribution is 2.39. The number of benzene rings is 1. The normalized spacial score (nSPS) is 20.8.